The molecule has 2 unspecified atom stereocenters. The minimum Gasteiger partial charge on any atom is -0.378 e. The van der Waals surface area contributed by atoms with E-state index in [-0.39, 0.29) is 18.1 Å². The van der Waals surface area contributed by atoms with Crippen molar-refractivity contribution in [1.82, 2.24) is 15.2 Å². The van der Waals surface area contributed by atoms with Crippen LogP contribution in [0.15, 0.2) is 18.3 Å². The van der Waals surface area contributed by atoms with E-state index in [4.69, 9.17) is 4.74 Å². The van der Waals surface area contributed by atoms with Crippen LogP contribution in [0.4, 0.5) is 0 Å². The molecule has 5 heteroatoms. The summed E-state index contributed by atoms with van der Waals surface area (Å²) in [4.78, 5) is 12.6. The Kier molecular flexibility index (Phi) is 4.60. The van der Waals surface area contributed by atoms with Crippen LogP contribution in [0.25, 0.3) is 0 Å². The number of carbonyl (C=O) groups excluding carboxylic acids is 1. The van der Waals surface area contributed by atoms with Crippen molar-refractivity contribution >= 4 is 5.91 Å². The molecule has 0 bridgehead atoms. The van der Waals surface area contributed by atoms with E-state index in [1.165, 1.54) is 0 Å². The number of amides is 1. The molecule has 0 spiro atoms. The van der Waals surface area contributed by atoms with Crippen LogP contribution in [-0.2, 0) is 4.74 Å². The van der Waals surface area contributed by atoms with Gasteiger partial charge in [-0.3, -0.25) is 4.79 Å². The zero-order valence-electron chi connectivity index (χ0n) is 12.7. The predicted octanol–water partition coefficient (Wildman–Crippen LogP) is 1.71. The highest BCUT2D eigenvalue weighted by Gasteiger charge is 2.24. The molecule has 0 radical (unpaired) electrons. The molecule has 2 saturated heterocycles. The van der Waals surface area contributed by atoms with Crippen molar-refractivity contribution in [3.63, 3.8) is 0 Å². The van der Waals surface area contributed by atoms with Crippen molar-refractivity contribution in [3.8, 4) is 0 Å². The molecule has 3 heterocycles. The summed E-state index contributed by atoms with van der Waals surface area (Å²) in [5.41, 5.74) is 0.793. The van der Waals surface area contributed by atoms with Crippen LogP contribution in [-0.4, -0.2) is 42.3 Å². The maximum absolute atomic E-state index is 12.6. The van der Waals surface area contributed by atoms with E-state index in [1.54, 1.807) is 0 Å². The number of carbonyl (C=O) groups is 1. The minimum atomic E-state index is 0.0534. The molecule has 1 aromatic heterocycles. The molecule has 0 saturated carbocycles. The quantitative estimate of drug-likeness (QED) is 0.891. The Morgan fingerprint density at radius 1 is 1.38 bits per heavy atom. The summed E-state index contributed by atoms with van der Waals surface area (Å²) in [7, 11) is 0. The fourth-order valence-corrected chi connectivity index (χ4v) is 3.38. The van der Waals surface area contributed by atoms with Gasteiger partial charge >= 0.3 is 0 Å². The predicted molar refractivity (Wildman–Crippen MR) is 81.5 cm³/mol. The molecule has 2 aliphatic rings. The number of hydrogen-bond acceptors (Lipinski definition) is 3. The monoisotopic (exact) mass is 291 g/mol. The van der Waals surface area contributed by atoms with Gasteiger partial charge < -0.3 is 19.9 Å². The summed E-state index contributed by atoms with van der Waals surface area (Å²) in [6, 6.07) is 4.58. The highest BCUT2D eigenvalue weighted by molar-refractivity contribution is 5.93. The average Bonchev–Trinajstić information content (AvgIpc) is 2.98. The van der Waals surface area contributed by atoms with Gasteiger partial charge in [-0.25, -0.2) is 0 Å². The van der Waals surface area contributed by atoms with Gasteiger partial charge in [-0.05, 0) is 57.8 Å². The molecule has 2 atom stereocenters. The lowest BCUT2D eigenvalue weighted by molar-refractivity contribution is 0.0135. The molecule has 1 aromatic rings. The Hall–Kier alpha value is -1.33. The standard InChI is InChI=1S/C16H25N3O2/c1-12-11-13(6-10-21-12)18-16(20)15-3-2-9-19(15)14-4-7-17-8-5-14/h2-3,9,12-14,17H,4-8,10-11H2,1H3,(H,18,20). The van der Waals surface area contributed by atoms with E-state index in [9.17, 15) is 4.79 Å². The first kappa shape index (κ1) is 14.6. The lowest BCUT2D eigenvalue weighted by atomic mass is 10.0. The van der Waals surface area contributed by atoms with E-state index in [2.05, 4.69) is 22.1 Å². The number of nitrogens with zero attached hydrogens (tertiary/aromatic N) is 1. The number of hydrogen-bond donors (Lipinski definition) is 2. The number of rotatable bonds is 3. The first-order valence-electron chi connectivity index (χ1n) is 8.04. The van der Waals surface area contributed by atoms with Crippen molar-refractivity contribution in [1.29, 1.82) is 0 Å². The van der Waals surface area contributed by atoms with Gasteiger partial charge in [0, 0.05) is 24.9 Å². The molecule has 0 aliphatic carbocycles. The Balaban J connectivity index is 1.65. The Morgan fingerprint density at radius 2 is 2.19 bits per heavy atom. The smallest absolute Gasteiger partial charge is 0.268 e. The van der Waals surface area contributed by atoms with E-state index in [1.807, 2.05) is 18.3 Å². The average molecular weight is 291 g/mol. The topological polar surface area (TPSA) is 55.3 Å². The van der Waals surface area contributed by atoms with Crippen molar-refractivity contribution in [2.75, 3.05) is 19.7 Å². The van der Waals surface area contributed by atoms with Crippen LogP contribution in [0, 0.1) is 0 Å². The molecular weight excluding hydrogens is 266 g/mol. The van der Waals surface area contributed by atoms with Crippen LogP contribution >= 0.6 is 0 Å². The lowest BCUT2D eigenvalue weighted by Gasteiger charge is -2.29. The molecule has 1 amide bonds. The SMILES string of the molecule is CC1CC(NC(=O)c2cccn2C2CCNCC2)CCO1. The van der Waals surface area contributed by atoms with Crippen LogP contribution in [0.1, 0.15) is 49.1 Å². The van der Waals surface area contributed by atoms with Crippen LogP contribution < -0.4 is 10.6 Å². The van der Waals surface area contributed by atoms with E-state index >= 15 is 0 Å². The number of aromatic nitrogens is 1. The van der Waals surface area contributed by atoms with Gasteiger partial charge in [-0.15, -0.1) is 0 Å². The van der Waals surface area contributed by atoms with E-state index in [0.717, 1.165) is 51.1 Å². The molecule has 116 valence electrons. The molecule has 2 aliphatic heterocycles. The minimum absolute atomic E-state index is 0.0534. The summed E-state index contributed by atoms with van der Waals surface area (Å²) in [5, 5.41) is 6.54. The molecule has 3 rings (SSSR count). The first-order valence-corrected chi connectivity index (χ1v) is 8.04. The normalized spacial score (nSPS) is 27.5. The fraction of sp³-hybridized carbons (Fsp3) is 0.688. The second-order valence-electron chi connectivity index (χ2n) is 6.16. The second kappa shape index (κ2) is 6.62. The molecule has 21 heavy (non-hydrogen) atoms. The summed E-state index contributed by atoms with van der Waals surface area (Å²) in [6.07, 6.45) is 6.26. The Bertz CT molecular complexity index is 480. The summed E-state index contributed by atoms with van der Waals surface area (Å²) >= 11 is 0. The first-order chi connectivity index (χ1) is 10.2. The zero-order chi connectivity index (χ0) is 14.7. The van der Waals surface area contributed by atoms with Gasteiger partial charge in [0.1, 0.15) is 5.69 Å². The van der Waals surface area contributed by atoms with Gasteiger partial charge in [-0.2, -0.15) is 0 Å². The Morgan fingerprint density at radius 3 is 2.95 bits per heavy atom. The fourth-order valence-electron chi connectivity index (χ4n) is 3.38. The zero-order valence-corrected chi connectivity index (χ0v) is 12.7. The van der Waals surface area contributed by atoms with Crippen LogP contribution in [0.3, 0.4) is 0 Å². The number of piperidine rings is 1. The van der Waals surface area contributed by atoms with E-state index in [0.29, 0.717) is 6.04 Å². The largest absolute Gasteiger partial charge is 0.378 e. The van der Waals surface area contributed by atoms with Gasteiger partial charge in [0.05, 0.1) is 6.10 Å². The second-order valence-corrected chi connectivity index (χ2v) is 6.16. The lowest BCUT2D eigenvalue weighted by Crippen LogP contribution is -2.42. The van der Waals surface area contributed by atoms with Crippen molar-refractivity contribution < 1.29 is 9.53 Å². The summed E-state index contributed by atoms with van der Waals surface area (Å²) in [5.74, 6) is 0.0534. The van der Waals surface area contributed by atoms with Gasteiger partial charge in [0.2, 0.25) is 0 Å². The van der Waals surface area contributed by atoms with Crippen molar-refractivity contribution in [2.24, 2.45) is 0 Å². The van der Waals surface area contributed by atoms with Gasteiger partial charge in [0.25, 0.3) is 5.91 Å². The Labute approximate surface area is 126 Å². The molecule has 2 N–H and O–H groups in total. The molecule has 5 nitrogen and oxygen atoms in total. The third-order valence-corrected chi connectivity index (χ3v) is 4.53. The molecule has 0 aromatic carbocycles. The summed E-state index contributed by atoms with van der Waals surface area (Å²) < 4.78 is 7.69. The third-order valence-electron chi connectivity index (χ3n) is 4.53. The van der Waals surface area contributed by atoms with Gasteiger partial charge in [0.15, 0.2) is 0 Å². The van der Waals surface area contributed by atoms with Crippen molar-refractivity contribution in [3.05, 3.63) is 24.0 Å². The maximum Gasteiger partial charge on any atom is 0.268 e. The maximum atomic E-state index is 12.6. The number of nitrogens with one attached hydrogen (secondary N) is 2. The van der Waals surface area contributed by atoms with Crippen molar-refractivity contribution in [2.45, 2.75) is 50.8 Å². The van der Waals surface area contributed by atoms with E-state index < -0.39 is 0 Å². The van der Waals surface area contributed by atoms with Crippen LogP contribution in [0.5, 0.6) is 0 Å². The summed E-state index contributed by atoms with van der Waals surface area (Å²) in [6.45, 7) is 4.86. The third kappa shape index (κ3) is 3.47. The number of ether oxygens (including phenoxy) is 1. The van der Waals surface area contributed by atoms with Gasteiger partial charge in [-0.1, -0.05) is 0 Å². The molecular formula is C16H25N3O2. The molecule has 2 fully saturated rings. The highest BCUT2D eigenvalue weighted by atomic mass is 16.5. The van der Waals surface area contributed by atoms with Crippen LogP contribution in [0.2, 0.25) is 0 Å². The highest BCUT2D eigenvalue weighted by Crippen LogP contribution is 2.22.